The van der Waals surface area contributed by atoms with Gasteiger partial charge >= 0.3 is 0 Å². The van der Waals surface area contributed by atoms with Crippen molar-refractivity contribution in [3.63, 3.8) is 0 Å². The standard InChI is InChI=1S/C20H22FNOS/c1-2-3-5-15-8-10-16(11-9-15)19(23)22-12-13-24-20(22)17-6-4-7-18(21)14-17/h4,6-11,14,20H,2-3,5,12-13H2,1H3. The van der Waals surface area contributed by atoms with Crippen molar-refractivity contribution in [3.8, 4) is 0 Å². The second-order valence-corrected chi connectivity index (χ2v) is 7.27. The molecule has 2 aromatic carbocycles. The molecule has 0 saturated carbocycles. The van der Waals surface area contributed by atoms with E-state index >= 15 is 0 Å². The van der Waals surface area contributed by atoms with Gasteiger partial charge in [0, 0.05) is 17.9 Å². The zero-order chi connectivity index (χ0) is 16.9. The van der Waals surface area contributed by atoms with Crippen molar-refractivity contribution in [2.75, 3.05) is 12.3 Å². The van der Waals surface area contributed by atoms with Crippen molar-refractivity contribution in [1.29, 1.82) is 0 Å². The Kier molecular flexibility index (Phi) is 5.56. The van der Waals surface area contributed by atoms with Crippen molar-refractivity contribution in [1.82, 2.24) is 4.90 Å². The minimum atomic E-state index is -0.257. The summed E-state index contributed by atoms with van der Waals surface area (Å²) in [5, 5.41) is -0.104. The largest absolute Gasteiger partial charge is 0.322 e. The third-order valence-corrected chi connectivity index (χ3v) is 5.57. The molecule has 4 heteroatoms. The van der Waals surface area contributed by atoms with Gasteiger partial charge in [-0.15, -0.1) is 11.8 Å². The van der Waals surface area contributed by atoms with Gasteiger partial charge in [0.1, 0.15) is 11.2 Å². The summed E-state index contributed by atoms with van der Waals surface area (Å²) in [6.45, 7) is 2.87. The van der Waals surface area contributed by atoms with Crippen molar-refractivity contribution in [2.45, 2.75) is 31.6 Å². The Balaban J connectivity index is 1.76. The normalized spacial score (nSPS) is 17.2. The zero-order valence-corrected chi connectivity index (χ0v) is 14.7. The van der Waals surface area contributed by atoms with E-state index in [9.17, 15) is 9.18 Å². The SMILES string of the molecule is CCCCc1ccc(C(=O)N2CCSC2c2cccc(F)c2)cc1. The number of aryl methyl sites for hydroxylation is 1. The molecule has 0 bridgehead atoms. The number of hydrogen-bond donors (Lipinski definition) is 0. The zero-order valence-electron chi connectivity index (χ0n) is 13.9. The molecule has 1 atom stereocenters. The fraction of sp³-hybridized carbons (Fsp3) is 0.350. The highest BCUT2D eigenvalue weighted by molar-refractivity contribution is 7.99. The highest BCUT2D eigenvalue weighted by Crippen LogP contribution is 2.38. The Morgan fingerprint density at radius 1 is 1.25 bits per heavy atom. The molecule has 0 aliphatic carbocycles. The molecule has 1 aliphatic heterocycles. The molecule has 0 aromatic heterocycles. The van der Waals surface area contributed by atoms with Gasteiger partial charge in [-0.05, 0) is 48.2 Å². The van der Waals surface area contributed by atoms with Crippen LogP contribution in [0.4, 0.5) is 4.39 Å². The number of rotatable bonds is 5. The summed E-state index contributed by atoms with van der Waals surface area (Å²) in [7, 11) is 0. The van der Waals surface area contributed by atoms with Gasteiger partial charge in [-0.1, -0.05) is 37.6 Å². The number of hydrogen-bond acceptors (Lipinski definition) is 2. The lowest BCUT2D eigenvalue weighted by atomic mass is 10.1. The molecular formula is C20H22FNOS. The number of amides is 1. The molecule has 1 heterocycles. The van der Waals surface area contributed by atoms with E-state index in [1.807, 2.05) is 35.2 Å². The van der Waals surface area contributed by atoms with Gasteiger partial charge in [0.2, 0.25) is 0 Å². The predicted molar refractivity (Wildman–Crippen MR) is 97.7 cm³/mol. The minimum absolute atomic E-state index is 0.0244. The molecule has 1 unspecified atom stereocenters. The number of benzene rings is 2. The van der Waals surface area contributed by atoms with E-state index in [4.69, 9.17) is 0 Å². The predicted octanol–water partition coefficient (Wildman–Crippen LogP) is 5.06. The highest BCUT2D eigenvalue weighted by Gasteiger charge is 2.31. The topological polar surface area (TPSA) is 20.3 Å². The Morgan fingerprint density at radius 2 is 2.04 bits per heavy atom. The second kappa shape index (κ2) is 7.84. The lowest BCUT2D eigenvalue weighted by molar-refractivity contribution is 0.0760. The molecule has 2 nitrogen and oxygen atoms in total. The summed E-state index contributed by atoms with van der Waals surface area (Å²) in [4.78, 5) is 14.7. The molecule has 0 N–H and O–H groups in total. The van der Waals surface area contributed by atoms with E-state index in [2.05, 4.69) is 6.92 Å². The first kappa shape index (κ1) is 17.0. The third kappa shape index (κ3) is 3.81. The van der Waals surface area contributed by atoms with E-state index in [0.29, 0.717) is 12.1 Å². The molecular weight excluding hydrogens is 321 g/mol. The monoisotopic (exact) mass is 343 g/mol. The molecule has 0 radical (unpaired) electrons. The summed E-state index contributed by atoms with van der Waals surface area (Å²) in [5.74, 6) is 0.644. The van der Waals surface area contributed by atoms with Crippen LogP contribution in [0.1, 0.15) is 46.6 Å². The van der Waals surface area contributed by atoms with Gasteiger partial charge < -0.3 is 4.90 Å². The van der Waals surface area contributed by atoms with Gasteiger partial charge in [-0.25, -0.2) is 4.39 Å². The van der Waals surface area contributed by atoms with Crippen LogP contribution in [0.25, 0.3) is 0 Å². The molecule has 1 amide bonds. The van der Waals surface area contributed by atoms with Crippen molar-refractivity contribution in [2.24, 2.45) is 0 Å². The third-order valence-electron chi connectivity index (χ3n) is 4.31. The molecule has 0 spiro atoms. The second-order valence-electron chi connectivity index (χ2n) is 6.08. The molecule has 24 heavy (non-hydrogen) atoms. The van der Waals surface area contributed by atoms with Gasteiger partial charge in [-0.2, -0.15) is 0 Å². The maximum absolute atomic E-state index is 13.5. The van der Waals surface area contributed by atoms with E-state index in [1.165, 1.54) is 24.1 Å². The Labute approximate surface area is 147 Å². The number of nitrogens with zero attached hydrogens (tertiary/aromatic N) is 1. The fourth-order valence-corrected chi connectivity index (χ4v) is 4.22. The van der Waals surface area contributed by atoms with Crippen molar-refractivity contribution in [3.05, 3.63) is 71.0 Å². The summed E-state index contributed by atoms with van der Waals surface area (Å²) in [6, 6.07) is 14.5. The Bertz CT molecular complexity index is 701. The maximum Gasteiger partial charge on any atom is 0.255 e. The summed E-state index contributed by atoms with van der Waals surface area (Å²) < 4.78 is 13.5. The van der Waals surface area contributed by atoms with E-state index in [-0.39, 0.29) is 17.1 Å². The van der Waals surface area contributed by atoms with Crippen LogP contribution in [0.3, 0.4) is 0 Å². The maximum atomic E-state index is 13.5. The van der Waals surface area contributed by atoms with Crippen molar-refractivity contribution >= 4 is 17.7 Å². The van der Waals surface area contributed by atoms with Crippen LogP contribution >= 0.6 is 11.8 Å². The molecule has 1 fully saturated rings. The smallest absolute Gasteiger partial charge is 0.255 e. The van der Waals surface area contributed by atoms with Crippen molar-refractivity contribution < 1.29 is 9.18 Å². The summed E-state index contributed by atoms with van der Waals surface area (Å²) in [5.41, 5.74) is 2.83. The van der Waals surface area contributed by atoms with E-state index in [0.717, 1.165) is 24.2 Å². The quantitative estimate of drug-likeness (QED) is 0.756. The summed E-state index contributed by atoms with van der Waals surface area (Å²) in [6.07, 6.45) is 3.38. The number of unbranched alkanes of at least 4 members (excludes halogenated alkanes) is 1. The number of carbonyl (C=O) groups is 1. The van der Waals surface area contributed by atoms with Crippen LogP contribution in [0.2, 0.25) is 0 Å². The lowest BCUT2D eigenvalue weighted by Gasteiger charge is -2.24. The molecule has 2 aromatic rings. The number of thioether (sulfide) groups is 1. The average Bonchev–Trinajstić information content (AvgIpc) is 3.09. The van der Waals surface area contributed by atoms with Gasteiger partial charge in [0.05, 0.1) is 0 Å². The van der Waals surface area contributed by atoms with Crippen LogP contribution in [0.15, 0.2) is 48.5 Å². The first-order chi connectivity index (χ1) is 11.7. The molecule has 1 saturated heterocycles. The van der Waals surface area contributed by atoms with Crippen LogP contribution in [-0.4, -0.2) is 23.1 Å². The van der Waals surface area contributed by atoms with Crippen LogP contribution in [0.5, 0.6) is 0 Å². The van der Waals surface area contributed by atoms with E-state index in [1.54, 1.807) is 17.8 Å². The summed E-state index contributed by atoms with van der Waals surface area (Å²) >= 11 is 1.69. The molecule has 1 aliphatic rings. The van der Waals surface area contributed by atoms with Crippen LogP contribution in [-0.2, 0) is 6.42 Å². The van der Waals surface area contributed by atoms with Gasteiger partial charge in [0.25, 0.3) is 5.91 Å². The molecule has 126 valence electrons. The fourth-order valence-electron chi connectivity index (χ4n) is 2.98. The first-order valence-electron chi connectivity index (χ1n) is 8.46. The van der Waals surface area contributed by atoms with Crippen LogP contribution < -0.4 is 0 Å². The highest BCUT2D eigenvalue weighted by atomic mass is 32.2. The number of halogens is 1. The lowest BCUT2D eigenvalue weighted by Crippen LogP contribution is -2.30. The Hall–Kier alpha value is -1.81. The Morgan fingerprint density at radius 3 is 2.75 bits per heavy atom. The van der Waals surface area contributed by atoms with E-state index < -0.39 is 0 Å². The minimum Gasteiger partial charge on any atom is -0.322 e. The van der Waals surface area contributed by atoms with Gasteiger partial charge in [0.15, 0.2) is 0 Å². The van der Waals surface area contributed by atoms with Crippen LogP contribution in [0, 0.1) is 5.82 Å². The average molecular weight is 343 g/mol. The molecule has 3 rings (SSSR count). The number of carbonyl (C=O) groups excluding carboxylic acids is 1. The first-order valence-corrected chi connectivity index (χ1v) is 9.51. The van der Waals surface area contributed by atoms with Gasteiger partial charge in [-0.3, -0.25) is 4.79 Å².